The lowest BCUT2D eigenvalue weighted by atomic mass is 10.1. The fourth-order valence-electron chi connectivity index (χ4n) is 5.37. The molecule has 3 fully saturated rings. The van der Waals surface area contributed by atoms with E-state index in [0.717, 1.165) is 55.5 Å². The lowest BCUT2D eigenvalue weighted by Gasteiger charge is -2.37. The van der Waals surface area contributed by atoms with E-state index in [1.807, 2.05) is 10.3 Å². The maximum Gasteiger partial charge on any atom is 0.414 e. The van der Waals surface area contributed by atoms with Gasteiger partial charge in [-0.1, -0.05) is 11.8 Å². The van der Waals surface area contributed by atoms with Crippen LogP contribution < -0.4 is 25.3 Å². The fraction of sp³-hybridized carbons (Fsp3) is 0.500. The van der Waals surface area contributed by atoms with Crippen molar-refractivity contribution in [1.82, 2.24) is 15.5 Å². The number of piperazine rings is 2. The molecule has 2 N–H and O–H groups in total. The number of likely N-dealkylation sites (N-methyl/N-ethyl adjacent to an activating group) is 1. The summed E-state index contributed by atoms with van der Waals surface area (Å²) in [5.41, 5.74) is 2.40. The van der Waals surface area contributed by atoms with E-state index in [0.29, 0.717) is 35.9 Å². The van der Waals surface area contributed by atoms with Crippen LogP contribution in [0.3, 0.4) is 0 Å². The number of cyclic esters (lactones) is 1. The third kappa shape index (κ3) is 6.72. The van der Waals surface area contributed by atoms with Crippen molar-refractivity contribution in [3.8, 4) is 0 Å². The molecule has 42 heavy (non-hydrogen) atoms. The molecule has 226 valence electrons. The molecule has 11 nitrogen and oxygen atoms in total. The van der Waals surface area contributed by atoms with Crippen LogP contribution in [0.2, 0.25) is 0 Å². The van der Waals surface area contributed by atoms with Crippen LogP contribution in [0.4, 0.5) is 26.2 Å². The number of carbonyl (C=O) groups excluding carboxylic acids is 4. The molecule has 0 radical (unpaired) electrons. The van der Waals surface area contributed by atoms with Gasteiger partial charge in [-0.15, -0.1) is 11.3 Å². The molecule has 2 atom stereocenters. The van der Waals surface area contributed by atoms with E-state index < -0.39 is 18.0 Å². The molecule has 0 saturated carbocycles. The number of anilines is 3. The third-order valence-corrected chi connectivity index (χ3v) is 9.88. The third-order valence-electron chi connectivity index (χ3n) is 7.63. The van der Waals surface area contributed by atoms with E-state index in [-0.39, 0.29) is 35.9 Å². The zero-order chi connectivity index (χ0) is 29.8. The van der Waals surface area contributed by atoms with E-state index in [1.54, 1.807) is 12.1 Å². The molecular weight excluding hydrogens is 583 g/mol. The van der Waals surface area contributed by atoms with Gasteiger partial charge in [0.15, 0.2) is 0 Å². The van der Waals surface area contributed by atoms with Crippen LogP contribution in [0.15, 0.2) is 23.6 Å². The Morgan fingerprint density at radius 2 is 2.00 bits per heavy atom. The van der Waals surface area contributed by atoms with Crippen molar-refractivity contribution in [2.75, 3.05) is 80.7 Å². The number of nitrogens with one attached hydrogen (secondary N) is 2. The minimum absolute atomic E-state index is 0.141. The second-order valence-corrected chi connectivity index (χ2v) is 12.6. The van der Waals surface area contributed by atoms with Crippen molar-refractivity contribution in [3.05, 3.63) is 39.8 Å². The molecule has 5 rings (SSSR count). The Kier molecular flexibility index (Phi) is 9.66. The molecule has 2 aromatic rings. The summed E-state index contributed by atoms with van der Waals surface area (Å²) in [6.07, 6.45) is -0.119. The smallest absolute Gasteiger partial charge is 0.414 e. The lowest BCUT2D eigenvalue weighted by molar-refractivity contribution is -0.119. The summed E-state index contributed by atoms with van der Waals surface area (Å²) in [4.78, 5) is 57.0. The summed E-state index contributed by atoms with van der Waals surface area (Å²) in [7, 11) is 2.08. The highest BCUT2D eigenvalue weighted by Crippen LogP contribution is 2.37. The Morgan fingerprint density at radius 1 is 1.21 bits per heavy atom. The van der Waals surface area contributed by atoms with Crippen LogP contribution in [-0.4, -0.2) is 106 Å². The summed E-state index contributed by atoms with van der Waals surface area (Å²) in [6.45, 7) is 6.84. The van der Waals surface area contributed by atoms with Crippen molar-refractivity contribution in [1.29, 1.82) is 0 Å². The Balaban J connectivity index is 1.30. The number of hydrogen-bond acceptors (Lipinski definition) is 11. The van der Waals surface area contributed by atoms with Crippen LogP contribution >= 0.6 is 23.1 Å². The first-order chi connectivity index (χ1) is 20.2. The van der Waals surface area contributed by atoms with Gasteiger partial charge in [0.25, 0.3) is 0 Å². The molecule has 14 heteroatoms. The maximum absolute atomic E-state index is 15.6. The van der Waals surface area contributed by atoms with E-state index in [2.05, 4.69) is 27.5 Å². The molecule has 1 unspecified atom stereocenters. The van der Waals surface area contributed by atoms with E-state index >= 15 is 4.39 Å². The van der Waals surface area contributed by atoms with Crippen molar-refractivity contribution in [2.45, 2.75) is 24.8 Å². The molecule has 4 heterocycles. The van der Waals surface area contributed by atoms with Crippen molar-refractivity contribution in [3.63, 3.8) is 0 Å². The number of thiophene rings is 1. The van der Waals surface area contributed by atoms with Crippen LogP contribution in [-0.2, 0) is 20.7 Å². The second kappa shape index (κ2) is 13.4. The number of rotatable bonds is 9. The number of hydrogen-bond donors (Lipinski definition) is 2. The Labute approximate surface area is 252 Å². The predicted molar refractivity (Wildman–Crippen MR) is 162 cm³/mol. The largest absolute Gasteiger partial charge is 0.442 e. The molecular formula is C28H35FN6O5S2. The van der Waals surface area contributed by atoms with Gasteiger partial charge in [0.2, 0.25) is 11.0 Å². The van der Waals surface area contributed by atoms with Crippen LogP contribution in [0.5, 0.6) is 0 Å². The number of benzene rings is 1. The minimum atomic E-state index is -0.600. The van der Waals surface area contributed by atoms with Crippen LogP contribution in [0.1, 0.15) is 22.2 Å². The van der Waals surface area contributed by atoms with Gasteiger partial charge in [-0.05, 0) is 25.2 Å². The molecule has 1 aromatic heterocycles. The van der Waals surface area contributed by atoms with Gasteiger partial charge < -0.3 is 34.9 Å². The Morgan fingerprint density at radius 3 is 2.71 bits per heavy atom. The first-order valence-electron chi connectivity index (χ1n) is 13.9. The van der Waals surface area contributed by atoms with Gasteiger partial charge in [0.05, 0.1) is 40.4 Å². The van der Waals surface area contributed by atoms with Gasteiger partial charge >= 0.3 is 6.09 Å². The first-order valence-corrected chi connectivity index (χ1v) is 15.7. The summed E-state index contributed by atoms with van der Waals surface area (Å²) in [5.74, 6) is -0.739. The topological polar surface area (TPSA) is 115 Å². The number of nitrogens with zero attached hydrogens (tertiary/aromatic N) is 4. The first kappa shape index (κ1) is 30.3. The number of aldehydes is 1. The highest BCUT2D eigenvalue weighted by Gasteiger charge is 2.34. The predicted octanol–water partition coefficient (Wildman–Crippen LogP) is 2.15. The molecule has 0 aliphatic carbocycles. The lowest BCUT2D eigenvalue weighted by Crippen LogP contribution is -2.50. The SMILES string of the molecule is CC(=O)NC[C@H]1CN(c2ccc(N3CCNCC3SC(=O)c3scc(N4CCN(C)CC4)c3CC=O)c(F)c2)C(=O)O1. The van der Waals surface area contributed by atoms with Crippen molar-refractivity contribution < 1.29 is 28.3 Å². The van der Waals surface area contributed by atoms with Crippen LogP contribution in [0.25, 0.3) is 0 Å². The second-order valence-electron chi connectivity index (χ2n) is 10.5. The summed E-state index contributed by atoms with van der Waals surface area (Å²) in [6, 6.07) is 4.58. The van der Waals surface area contributed by atoms with Gasteiger partial charge in [0.1, 0.15) is 18.2 Å². The van der Waals surface area contributed by atoms with E-state index in [4.69, 9.17) is 4.74 Å². The molecule has 3 aliphatic heterocycles. The minimum Gasteiger partial charge on any atom is -0.442 e. The van der Waals surface area contributed by atoms with Gasteiger partial charge in [-0.3, -0.25) is 14.5 Å². The summed E-state index contributed by atoms with van der Waals surface area (Å²) in [5, 5.41) is 7.38. The number of thioether (sulfide) groups is 1. The molecule has 1 aromatic carbocycles. The maximum atomic E-state index is 15.6. The average molecular weight is 619 g/mol. The molecule has 3 aliphatic rings. The van der Waals surface area contributed by atoms with E-state index in [9.17, 15) is 19.2 Å². The number of halogens is 1. The molecule has 2 amide bonds. The number of amides is 2. The van der Waals surface area contributed by atoms with Gasteiger partial charge in [-0.25, -0.2) is 9.18 Å². The molecule has 0 bridgehead atoms. The van der Waals surface area contributed by atoms with Crippen molar-refractivity contribution in [2.24, 2.45) is 0 Å². The highest BCUT2D eigenvalue weighted by molar-refractivity contribution is 8.15. The Bertz CT molecular complexity index is 1330. The standard InChI is InChI=1S/C28H35FN6O5S2/c1-18(37)31-14-20-16-35(28(39)40-20)19-3-4-23(22(29)13-19)34-7-6-30-15-25(34)42-27(38)26-21(5-12-36)24(17-41-26)33-10-8-32(2)9-11-33/h3-4,12-13,17,20,25,30H,5-11,14-16H2,1-2H3,(H,31,37)/t20-,25?/m0/s1. The van der Waals surface area contributed by atoms with E-state index in [1.165, 1.54) is 29.2 Å². The monoisotopic (exact) mass is 618 g/mol. The number of ether oxygens (including phenoxy) is 1. The number of carbonyl (C=O) groups is 4. The van der Waals surface area contributed by atoms with Crippen molar-refractivity contribution >= 4 is 63.6 Å². The zero-order valence-corrected chi connectivity index (χ0v) is 25.3. The zero-order valence-electron chi connectivity index (χ0n) is 23.6. The average Bonchev–Trinajstić information content (AvgIpc) is 3.56. The molecule has 3 saturated heterocycles. The highest BCUT2D eigenvalue weighted by atomic mass is 32.2. The quantitative estimate of drug-likeness (QED) is 0.406. The summed E-state index contributed by atoms with van der Waals surface area (Å²) < 4.78 is 20.9. The van der Waals surface area contributed by atoms with Gasteiger partial charge in [-0.2, -0.15) is 0 Å². The Hall–Kier alpha value is -3.20. The normalized spacial score (nSPS) is 21.4. The fourth-order valence-corrected chi connectivity index (χ4v) is 7.63. The van der Waals surface area contributed by atoms with Gasteiger partial charge in [0, 0.05) is 70.1 Å². The van der Waals surface area contributed by atoms with Crippen LogP contribution in [0, 0.1) is 5.82 Å². The summed E-state index contributed by atoms with van der Waals surface area (Å²) >= 11 is 2.49. The molecule has 0 spiro atoms.